The molecule has 3 atom stereocenters. The fourth-order valence-corrected chi connectivity index (χ4v) is 8.58. The van der Waals surface area contributed by atoms with Gasteiger partial charge in [-0.1, -0.05) is 30.3 Å². The Morgan fingerprint density at radius 3 is 2.34 bits per heavy atom. The molecule has 4 aliphatic rings. The molecule has 8 nitrogen and oxygen atoms in total. The normalized spacial score (nSPS) is 23.2. The Hall–Kier alpha value is -5.11. The molecule has 47 heavy (non-hydrogen) atoms. The molecule has 4 aromatic rings. The molecule has 2 aliphatic heterocycles. The number of benzene rings is 4. The highest BCUT2D eigenvalue weighted by Crippen LogP contribution is 2.88. The van der Waals surface area contributed by atoms with Crippen molar-refractivity contribution < 1.29 is 28.6 Å². The summed E-state index contributed by atoms with van der Waals surface area (Å²) in [7, 11) is 0. The van der Waals surface area contributed by atoms with Crippen molar-refractivity contribution >= 4 is 29.2 Å². The molecular formula is C39H36N2O6. The van der Waals surface area contributed by atoms with E-state index >= 15 is 0 Å². The van der Waals surface area contributed by atoms with Crippen LogP contribution in [0.25, 0.3) is 0 Å². The predicted molar refractivity (Wildman–Crippen MR) is 178 cm³/mol. The van der Waals surface area contributed by atoms with Gasteiger partial charge < -0.3 is 24.4 Å². The monoisotopic (exact) mass is 628 g/mol. The smallest absolute Gasteiger partial charge is 0.339 e. The van der Waals surface area contributed by atoms with Gasteiger partial charge in [0.25, 0.3) is 0 Å². The van der Waals surface area contributed by atoms with E-state index in [9.17, 15) is 14.4 Å². The number of amides is 1. The molecule has 3 unspecified atom stereocenters. The maximum atomic E-state index is 13.4. The summed E-state index contributed by atoms with van der Waals surface area (Å²) in [5.41, 5.74) is 5.75. The number of fused-ring (bicyclic) bond motifs is 1. The molecule has 8 rings (SSSR count). The largest absolute Gasteiger partial charge is 0.457 e. The molecule has 4 aromatic carbocycles. The van der Waals surface area contributed by atoms with E-state index in [1.54, 1.807) is 12.1 Å². The Labute approximate surface area is 273 Å². The average Bonchev–Trinajstić information content (AvgIpc) is 3.38. The maximum absolute atomic E-state index is 13.4. The van der Waals surface area contributed by atoms with Gasteiger partial charge >= 0.3 is 11.9 Å². The summed E-state index contributed by atoms with van der Waals surface area (Å²) in [6, 6.07) is 23.4. The average molecular weight is 629 g/mol. The van der Waals surface area contributed by atoms with Crippen LogP contribution in [0.5, 0.6) is 17.2 Å². The molecule has 1 saturated carbocycles. The molecule has 2 aliphatic carbocycles. The summed E-state index contributed by atoms with van der Waals surface area (Å²) in [5, 5.41) is 3.11. The van der Waals surface area contributed by atoms with Gasteiger partial charge in [0.1, 0.15) is 17.2 Å². The first-order chi connectivity index (χ1) is 22.6. The van der Waals surface area contributed by atoms with Crippen LogP contribution in [0, 0.1) is 13.8 Å². The SMILES string of the molecule is CC(=O)Nc1cc(N2CCCCC2)ccc1C1(c2ccc(Oc3cc(C)cc(C)c3)cc2OC(C)=O)C2c3cccc4c3C21OC4=O. The second-order valence-electron chi connectivity index (χ2n) is 13.3. The van der Waals surface area contributed by atoms with E-state index in [1.807, 2.05) is 62.4 Å². The van der Waals surface area contributed by atoms with Gasteiger partial charge in [-0.15, -0.1) is 0 Å². The minimum atomic E-state index is -0.999. The van der Waals surface area contributed by atoms with Crippen LogP contribution in [-0.2, 0) is 25.3 Å². The van der Waals surface area contributed by atoms with E-state index in [0.29, 0.717) is 34.1 Å². The fraction of sp³-hybridized carbons (Fsp3) is 0.308. The van der Waals surface area contributed by atoms with E-state index in [0.717, 1.165) is 59.4 Å². The van der Waals surface area contributed by atoms with Crippen molar-refractivity contribution in [3.05, 3.63) is 112 Å². The molecular weight excluding hydrogens is 592 g/mol. The van der Waals surface area contributed by atoms with Gasteiger partial charge in [0.2, 0.25) is 5.91 Å². The molecule has 238 valence electrons. The zero-order valence-electron chi connectivity index (χ0n) is 26.9. The molecule has 1 N–H and O–H groups in total. The van der Waals surface area contributed by atoms with E-state index in [1.165, 1.54) is 20.3 Å². The topological polar surface area (TPSA) is 94.2 Å². The zero-order valence-corrected chi connectivity index (χ0v) is 26.9. The minimum Gasteiger partial charge on any atom is -0.457 e. The van der Waals surface area contributed by atoms with Gasteiger partial charge in [-0.3, -0.25) is 9.59 Å². The van der Waals surface area contributed by atoms with Crippen LogP contribution in [0.15, 0.2) is 72.8 Å². The molecule has 1 amide bonds. The first-order valence-corrected chi connectivity index (χ1v) is 16.3. The molecule has 8 heteroatoms. The number of nitrogens with one attached hydrogen (secondary N) is 1. The maximum Gasteiger partial charge on any atom is 0.339 e. The van der Waals surface area contributed by atoms with Crippen LogP contribution in [0.1, 0.15) is 82.8 Å². The number of carbonyl (C=O) groups is 3. The number of carbonyl (C=O) groups excluding carboxylic acids is 3. The highest BCUT2D eigenvalue weighted by Gasteiger charge is 2.91. The number of hydrogen-bond donors (Lipinski definition) is 1. The van der Waals surface area contributed by atoms with Crippen molar-refractivity contribution in [3.63, 3.8) is 0 Å². The quantitative estimate of drug-likeness (QED) is 0.168. The van der Waals surface area contributed by atoms with E-state index < -0.39 is 17.0 Å². The number of anilines is 2. The summed E-state index contributed by atoms with van der Waals surface area (Å²) in [5.74, 6) is 0.173. The Kier molecular flexibility index (Phi) is 6.52. The third-order valence-corrected chi connectivity index (χ3v) is 10.1. The Balaban J connectivity index is 1.33. The molecule has 1 saturated heterocycles. The molecule has 0 radical (unpaired) electrons. The van der Waals surface area contributed by atoms with E-state index in [2.05, 4.69) is 22.3 Å². The lowest BCUT2D eigenvalue weighted by Gasteiger charge is -2.31. The molecule has 0 aromatic heterocycles. The lowest BCUT2D eigenvalue weighted by Crippen LogP contribution is -2.30. The van der Waals surface area contributed by atoms with Crippen molar-refractivity contribution in [2.75, 3.05) is 23.3 Å². The van der Waals surface area contributed by atoms with Crippen LogP contribution in [0.4, 0.5) is 11.4 Å². The predicted octanol–water partition coefficient (Wildman–Crippen LogP) is 7.43. The molecule has 2 heterocycles. The number of nitrogens with zero attached hydrogens (tertiary/aromatic N) is 1. The highest BCUT2D eigenvalue weighted by molar-refractivity contribution is 6.02. The lowest BCUT2D eigenvalue weighted by atomic mass is 9.81. The fourth-order valence-electron chi connectivity index (χ4n) is 8.58. The zero-order chi connectivity index (χ0) is 32.7. The first kappa shape index (κ1) is 29.3. The first-order valence-electron chi connectivity index (χ1n) is 16.3. The molecule has 0 bridgehead atoms. The summed E-state index contributed by atoms with van der Waals surface area (Å²) in [6.07, 6.45) is 3.43. The van der Waals surface area contributed by atoms with Crippen molar-refractivity contribution in [3.8, 4) is 17.2 Å². The van der Waals surface area contributed by atoms with Crippen LogP contribution in [0.2, 0.25) is 0 Å². The number of piperidine rings is 1. The van der Waals surface area contributed by atoms with Crippen molar-refractivity contribution in [1.82, 2.24) is 0 Å². The van der Waals surface area contributed by atoms with Crippen LogP contribution >= 0.6 is 0 Å². The summed E-state index contributed by atoms with van der Waals surface area (Å²) in [6.45, 7) is 8.78. The number of ether oxygens (including phenoxy) is 3. The van der Waals surface area contributed by atoms with Gasteiger partial charge in [-0.2, -0.15) is 0 Å². The van der Waals surface area contributed by atoms with Gasteiger partial charge in [-0.25, -0.2) is 4.79 Å². The summed E-state index contributed by atoms with van der Waals surface area (Å²) >= 11 is 0. The van der Waals surface area contributed by atoms with E-state index in [4.69, 9.17) is 14.2 Å². The third kappa shape index (κ3) is 4.23. The van der Waals surface area contributed by atoms with Crippen molar-refractivity contribution in [2.45, 2.75) is 63.9 Å². The van der Waals surface area contributed by atoms with Crippen molar-refractivity contribution in [2.24, 2.45) is 0 Å². The highest BCUT2D eigenvalue weighted by atomic mass is 16.6. The van der Waals surface area contributed by atoms with Crippen LogP contribution in [0.3, 0.4) is 0 Å². The summed E-state index contributed by atoms with van der Waals surface area (Å²) in [4.78, 5) is 41.1. The van der Waals surface area contributed by atoms with Gasteiger partial charge in [0.15, 0.2) is 5.60 Å². The van der Waals surface area contributed by atoms with Gasteiger partial charge in [-0.05, 0) is 91.8 Å². The second kappa shape index (κ2) is 10.5. The van der Waals surface area contributed by atoms with E-state index in [-0.39, 0.29) is 17.8 Å². The second-order valence-corrected chi connectivity index (χ2v) is 13.3. The van der Waals surface area contributed by atoms with Crippen LogP contribution < -0.4 is 19.7 Å². The number of esters is 2. The third-order valence-electron chi connectivity index (χ3n) is 10.1. The van der Waals surface area contributed by atoms with Gasteiger partial charge in [0, 0.05) is 61.4 Å². The Bertz CT molecular complexity index is 1990. The standard InChI is InChI=1S/C39H36N2O6/c1-22-17-23(2)19-28(18-22)46-27-12-14-32(34(21-27)45-25(4)43)38(36-29-9-8-10-30-35(29)39(36,38)47-37(30)44)31-13-11-26(20-33(31)40-24(3)42)41-15-6-5-7-16-41/h8-14,17-21,36H,5-7,15-16H2,1-4H3,(H,40,42). The number of hydrogen-bond acceptors (Lipinski definition) is 7. The van der Waals surface area contributed by atoms with Crippen LogP contribution in [-0.4, -0.2) is 30.9 Å². The Morgan fingerprint density at radius 1 is 0.872 bits per heavy atom. The number of rotatable bonds is 7. The minimum absolute atomic E-state index is 0.207. The molecule has 2 fully saturated rings. The number of aryl methyl sites for hydroxylation is 2. The summed E-state index contributed by atoms with van der Waals surface area (Å²) < 4.78 is 18.6. The van der Waals surface area contributed by atoms with Crippen molar-refractivity contribution in [1.29, 1.82) is 0 Å². The molecule has 1 spiro atoms. The Morgan fingerprint density at radius 2 is 1.62 bits per heavy atom. The lowest BCUT2D eigenvalue weighted by molar-refractivity contribution is -0.132. The van der Waals surface area contributed by atoms with Gasteiger partial charge in [0.05, 0.1) is 11.0 Å².